The van der Waals surface area contributed by atoms with E-state index in [1.54, 1.807) is 18.4 Å². The third-order valence-electron chi connectivity index (χ3n) is 3.14. The van der Waals surface area contributed by atoms with E-state index in [4.69, 9.17) is 0 Å². The number of hydrogen-bond donors (Lipinski definition) is 2. The maximum atomic E-state index is 4.26. The maximum absolute atomic E-state index is 4.26. The van der Waals surface area contributed by atoms with Crippen LogP contribution in [0.15, 0.2) is 40.8 Å². The third-order valence-corrected chi connectivity index (χ3v) is 4.07. The Bertz CT molecular complexity index is 568. The van der Waals surface area contributed by atoms with Gasteiger partial charge >= 0.3 is 0 Å². The van der Waals surface area contributed by atoms with Crippen LogP contribution in [0.25, 0.3) is 0 Å². The van der Waals surface area contributed by atoms with Gasteiger partial charge in [0.25, 0.3) is 0 Å². The van der Waals surface area contributed by atoms with Crippen molar-refractivity contribution in [3.63, 3.8) is 0 Å². The summed E-state index contributed by atoms with van der Waals surface area (Å²) in [6.45, 7) is 4.90. The summed E-state index contributed by atoms with van der Waals surface area (Å²) in [5, 5.41) is 6.71. The zero-order chi connectivity index (χ0) is 14.4. The van der Waals surface area contributed by atoms with E-state index in [1.165, 1.54) is 10.4 Å². The van der Waals surface area contributed by atoms with Gasteiger partial charge in [-0.1, -0.05) is 30.3 Å². The SMILES string of the molecule is CN=C(NCc1scnc1C)NC(C)c1ccccc1.I. The average molecular weight is 416 g/mol. The minimum Gasteiger partial charge on any atom is -0.351 e. The van der Waals surface area contributed by atoms with Crippen LogP contribution in [0.1, 0.15) is 29.1 Å². The van der Waals surface area contributed by atoms with Crippen molar-refractivity contribution in [2.45, 2.75) is 26.4 Å². The summed E-state index contributed by atoms with van der Waals surface area (Å²) in [4.78, 5) is 9.74. The summed E-state index contributed by atoms with van der Waals surface area (Å²) in [6.07, 6.45) is 0. The van der Waals surface area contributed by atoms with Crippen LogP contribution in [0.4, 0.5) is 0 Å². The number of guanidine groups is 1. The molecule has 1 heterocycles. The van der Waals surface area contributed by atoms with Gasteiger partial charge < -0.3 is 10.6 Å². The predicted molar refractivity (Wildman–Crippen MR) is 100 cm³/mol. The number of aromatic nitrogens is 1. The Balaban J connectivity index is 0.00000220. The Labute approximate surface area is 147 Å². The smallest absolute Gasteiger partial charge is 0.191 e. The second kappa shape index (κ2) is 8.99. The molecule has 2 rings (SSSR count). The minimum absolute atomic E-state index is 0. The van der Waals surface area contributed by atoms with Crippen molar-refractivity contribution in [2.24, 2.45) is 4.99 Å². The van der Waals surface area contributed by atoms with E-state index in [1.807, 2.05) is 30.6 Å². The standard InChI is InChI=1S/C15H20N4S.HI/c1-11(13-7-5-4-6-8-13)19-15(16-3)17-9-14-12(2)18-10-20-14;/h4-8,10-11H,9H2,1-3H3,(H2,16,17,19);1H. The molecule has 21 heavy (non-hydrogen) atoms. The number of nitrogens with one attached hydrogen (secondary N) is 2. The van der Waals surface area contributed by atoms with Crippen LogP contribution in [0.3, 0.4) is 0 Å². The summed E-state index contributed by atoms with van der Waals surface area (Å²) in [7, 11) is 1.78. The Hall–Kier alpha value is -1.15. The van der Waals surface area contributed by atoms with Gasteiger partial charge in [-0.2, -0.15) is 0 Å². The molecule has 0 aliphatic heterocycles. The normalized spacial score (nSPS) is 12.4. The van der Waals surface area contributed by atoms with Crippen molar-refractivity contribution >= 4 is 41.3 Å². The summed E-state index contributed by atoms with van der Waals surface area (Å²) in [6, 6.07) is 10.5. The topological polar surface area (TPSA) is 49.3 Å². The van der Waals surface area contributed by atoms with E-state index < -0.39 is 0 Å². The number of nitrogens with zero attached hydrogens (tertiary/aromatic N) is 2. The van der Waals surface area contributed by atoms with Gasteiger partial charge in [-0.05, 0) is 19.4 Å². The van der Waals surface area contributed by atoms with E-state index in [-0.39, 0.29) is 30.0 Å². The monoisotopic (exact) mass is 416 g/mol. The molecule has 0 saturated carbocycles. The number of aryl methyl sites for hydroxylation is 1. The van der Waals surface area contributed by atoms with Gasteiger partial charge in [0.2, 0.25) is 0 Å². The molecule has 0 aliphatic rings. The maximum Gasteiger partial charge on any atom is 0.191 e. The van der Waals surface area contributed by atoms with Crippen LogP contribution in [-0.4, -0.2) is 18.0 Å². The second-order valence-electron chi connectivity index (χ2n) is 4.56. The molecule has 2 aromatic rings. The molecule has 2 N–H and O–H groups in total. The summed E-state index contributed by atoms with van der Waals surface area (Å²) >= 11 is 1.66. The molecule has 1 unspecified atom stereocenters. The average Bonchev–Trinajstić information content (AvgIpc) is 2.89. The first kappa shape index (κ1) is 17.9. The van der Waals surface area contributed by atoms with Crippen LogP contribution < -0.4 is 10.6 Å². The van der Waals surface area contributed by atoms with Crippen molar-refractivity contribution < 1.29 is 0 Å². The lowest BCUT2D eigenvalue weighted by Gasteiger charge is -2.18. The second-order valence-corrected chi connectivity index (χ2v) is 5.50. The Morgan fingerprint density at radius 1 is 1.33 bits per heavy atom. The molecule has 0 amide bonds. The molecule has 114 valence electrons. The number of rotatable bonds is 4. The van der Waals surface area contributed by atoms with Gasteiger partial charge in [0.15, 0.2) is 5.96 Å². The highest BCUT2D eigenvalue weighted by Crippen LogP contribution is 2.12. The zero-order valence-corrected chi connectivity index (χ0v) is 15.6. The molecule has 0 radical (unpaired) electrons. The first-order valence-electron chi connectivity index (χ1n) is 6.61. The van der Waals surface area contributed by atoms with E-state index >= 15 is 0 Å². The molecular formula is C15H21IN4S. The van der Waals surface area contributed by atoms with E-state index in [2.05, 4.69) is 39.7 Å². The summed E-state index contributed by atoms with van der Waals surface area (Å²) < 4.78 is 0. The molecule has 0 spiro atoms. The fourth-order valence-electron chi connectivity index (χ4n) is 1.88. The molecule has 1 aromatic carbocycles. The molecule has 0 bridgehead atoms. The number of thiazole rings is 1. The number of aliphatic imine (C=N–C) groups is 1. The highest BCUT2D eigenvalue weighted by molar-refractivity contribution is 14.0. The van der Waals surface area contributed by atoms with Crippen LogP contribution in [0, 0.1) is 6.92 Å². The zero-order valence-electron chi connectivity index (χ0n) is 12.5. The number of hydrogen-bond acceptors (Lipinski definition) is 3. The fraction of sp³-hybridized carbons (Fsp3) is 0.333. The Kier molecular flexibility index (Phi) is 7.66. The van der Waals surface area contributed by atoms with E-state index in [0.717, 1.165) is 18.2 Å². The van der Waals surface area contributed by atoms with Crippen LogP contribution in [0.5, 0.6) is 0 Å². The molecule has 0 aliphatic carbocycles. The summed E-state index contributed by atoms with van der Waals surface area (Å²) in [5.41, 5.74) is 4.19. The largest absolute Gasteiger partial charge is 0.351 e. The first-order chi connectivity index (χ1) is 9.70. The molecule has 0 fully saturated rings. The predicted octanol–water partition coefficient (Wildman–Crippen LogP) is 3.50. The lowest BCUT2D eigenvalue weighted by atomic mass is 10.1. The molecule has 6 heteroatoms. The van der Waals surface area contributed by atoms with Crippen LogP contribution >= 0.6 is 35.3 Å². The number of halogens is 1. The van der Waals surface area contributed by atoms with Crippen molar-refractivity contribution in [3.8, 4) is 0 Å². The highest BCUT2D eigenvalue weighted by atomic mass is 127. The Morgan fingerprint density at radius 3 is 2.62 bits per heavy atom. The summed E-state index contributed by atoms with van der Waals surface area (Å²) in [5.74, 6) is 0.800. The molecule has 1 aromatic heterocycles. The Morgan fingerprint density at radius 2 is 2.05 bits per heavy atom. The van der Waals surface area contributed by atoms with Crippen LogP contribution in [0.2, 0.25) is 0 Å². The quantitative estimate of drug-likeness (QED) is 0.456. The first-order valence-corrected chi connectivity index (χ1v) is 7.49. The fourth-order valence-corrected chi connectivity index (χ4v) is 2.60. The molecule has 0 saturated heterocycles. The van der Waals surface area contributed by atoms with Gasteiger partial charge in [-0.25, -0.2) is 4.98 Å². The lowest BCUT2D eigenvalue weighted by Crippen LogP contribution is -2.38. The van der Waals surface area contributed by atoms with Crippen molar-refractivity contribution in [2.75, 3.05) is 7.05 Å². The van der Waals surface area contributed by atoms with Crippen molar-refractivity contribution in [1.82, 2.24) is 15.6 Å². The van der Waals surface area contributed by atoms with Gasteiger partial charge in [0.1, 0.15) is 0 Å². The third kappa shape index (κ3) is 5.28. The van der Waals surface area contributed by atoms with Crippen molar-refractivity contribution in [1.29, 1.82) is 0 Å². The minimum atomic E-state index is 0. The van der Waals surface area contributed by atoms with Crippen molar-refractivity contribution in [3.05, 3.63) is 52.0 Å². The van der Waals surface area contributed by atoms with Gasteiger partial charge in [-0.3, -0.25) is 4.99 Å². The lowest BCUT2D eigenvalue weighted by molar-refractivity contribution is 0.686. The van der Waals surface area contributed by atoms with E-state index in [0.29, 0.717) is 0 Å². The molecular weight excluding hydrogens is 395 g/mol. The van der Waals surface area contributed by atoms with Gasteiger partial charge in [-0.15, -0.1) is 35.3 Å². The van der Waals surface area contributed by atoms with Gasteiger partial charge in [0, 0.05) is 11.9 Å². The molecule has 4 nitrogen and oxygen atoms in total. The van der Waals surface area contributed by atoms with E-state index in [9.17, 15) is 0 Å². The number of benzene rings is 1. The highest BCUT2D eigenvalue weighted by Gasteiger charge is 2.08. The van der Waals surface area contributed by atoms with Gasteiger partial charge in [0.05, 0.1) is 23.8 Å². The molecule has 1 atom stereocenters. The van der Waals surface area contributed by atoms with Crippen LogP contribution in [-0.2, 0) is 6.54 Å².